The van der Waals surface area contributed by atoms with Crippen LogP contribution in [0.5, 0.6) is 0 Å². The van der Waals surface area contributed by atoms with Gasteiger partial charge in [0.15, 0.2) is 0 Å². The van der Waals surface area contributed by atoms with E-state index >= 15 is 0 Å². The van der Waals surface area contributed by atoms with Crippen molar-refractivity contribution in [2.45, 2.75) is 24.7 Å². The van der Waals surface area contributed by atoms with Gasteiger partial charge in [0, 0.05) is 11.0 Å². The van der Waals surface area contributed by atoms with E-state index in [4.69, 9.17) is 11.6 Å². The van der Waals surface area contributed by atoms with E-state index in [0.717, 1.165) is 12.5 Å². The molecule has 0 aromatic heterocycles. The summed E-state index contributed by atoms with van der Waals surface area (Å²) >= 11 is 5.61. The van der Waals surface area contributed by atoms with Gasteiger partial charge in [0.1, 0.15) is 11.6 Å². The van der Waals surface area contributed by atoms with Crippen molar-refractivity contribution >= 4 is 11.6 Å². The molecule has 0 heterocycles. The largest absolute Gasteiger partial charge is 0.395 e. The molecule has 2 rings (SSSR count). The number of aliphatic hydroxyl groups excluding tert-OH is 1. The molecule has 1 N–H and O–H groups in total. The summed E-state index contributed by atoms with van der Waals surface area (Å²) in [4.78, 5) is 0. The molecular formula is C11H11ClF2O. The number of hydrogen-bond donors (Lipinski definition) is 1. The molecule has 82 valence electrons. The first-order valence-electron chi connectivity index (χ1n) is 4.85. The van der Waals surface area contributed by atoms with E-state index < -0.39 is 17.0 Å². The number of halogens is 3. The average Bonchev–Trinajstić information content (AvgIpc) is 2.16. The van der Waals surface area contributed by atoms with Crippen LogP contribution in [-0.2, 0) is 5.41 Å². The maximum atomic E-state index is 13.7. The summed E-state index contributed by atoms with van der Waals surface area (Å²) in [7, 11) is 0. The minimum atomic E-state index is -0.751. The fourth-order valence-corrected chi connectivity index (χ4v) is 2.26. The number of aliphatic hydroxyl groups is 1. The van der Waals surface area contributed by atoms with Crippen LogP contribution in [0.2, 0.25) is 5.02 Å². The van der Waals surface area contributed by atoms with Crippen molar-refractivity contribution in [3.8, 4) is 0 Å². The van der Waals surface area contributed by atoms with Crippen molar-refractivity contribution in [1.29, 1.82) is 0 Å². The van der Waals surface area contributed by atoms with Gasteiger partial charge in [-0.3, -0.25) is 0 Å². The molecular weight excluding hydrogens is 222 g/mol. The number of hydrogen-bond acceptors (Lipinski definition) is 1. The molecule has 1 fully saturated rings. The molecule has 0 spiro atoms. The van der Waals surface area contributed by atoms with E-state index in [1.165, 1.54) is 6.07 Å². The molecule has 1 aliphatic rings. The van der Waals surface area contributed by atoms with E-state index in [0.29, 0.717) is 12.8 Å². The van der Waals surface area contributed by atoms with Crippen molar-refractivity contribution in [3.05, 3.63) is 34.4 Å². The highest BCUT2D eigenvalue weighted by Gasteiger charge is 2.42. The summed E-state index contributed by atoms with van der Waals surface area (Å²) in [5.74, 6) is -1.35. The molecule has 15 heavy (non-hydrogen) atoms. The molecule has 0 amide bonds. The van der Waals surface area contributed by atoms with Gasteiger partial charge >= 0.3 is 0 Å². The number of benzene rings is 1. The van der Waals surface area contributed by atoms with Crippen LogP contribution in [0.1, 0.15) is 24.8 Å². The molecule has 1 aromatic rings. The van der Waals surface area contributed by atoms with Gasteiger partial charge < -0.3 is 5.11 Å². The van der Waals surface area contributed by atoms with Crippen LogP contribution in [0.3, 0.4) is 0 Å². The van der Waals surface area contributed by atoms with Crippen molar-refractivity contribution in [2.75, 3.05) is 6.61 Å². The third kappa shape index (κ3) is 1.54. The van der Waals surface area contributed by atoms with E-state index in [9.17, 15) is 13.9 Å². The Balaban J connectivity index is 2.55. The Morgan fingerprint density at radius 3 is 2.47 bits per heavy atom. The van der Waals surface area contributed by atoms with Gasteiger partial charge in [0.2, 0.25) is 0 Å². The highest BCUT2D eigenvalue weighted by molar-refractivity contribution is 6.30. The summed E-state index contributed by atoms with van der Waals surface area (Å²) < 4.78 is 27.2. The lowest BCUT2D eigenvalue weighted by molar-refractivity contribution is 0.112. The van der Waals surface area contributed by atoms with Gasteiger partial charge in [-0.25, -0.2) is 8.78 Å². The van der Waals surface area contributed by atoms with Crippen LogP contribution in [0, 0.1) is 11.6 Å². The van der Waals surface area contributed by atoms with Crippen LogP contribution >= 0.6 is 11.6 Å². The van der Waals surface area contributed by atoms with Crippen LogP contribution in [0.15, 0.2) is 12.1 Å². The molecule has 0 saturated heterocycles. The molecule has 0 unspecified atom stereocenters. The minimum Gasteiger partial charge on any atom is -0.395 e. The Kier molecular flexibility index (Phi) is 2.69. The van der Waals surface area contributed by atoms with E-state index in [1.54, 1.807) is 0 Å². The summed E-state index contributed by atoms with van der Waals surface area (Å²) in [6.45, 7) is -0.235. The van der Waals surface area contributed by atoms with Crippen molar-refractivity contribution < 1.29 is 13.9 Å². The van der Waals surface area contributed by atoms with Crippen LogP contribution in [0.4, 0.5) is 8.78 Å². The second-order valence-corrected chi connectivity index (χ2v) is 4.42. The monoisotopic (exact) mass is 232 g/mol. The number of rotatable bonds is 2. The fourth-order valence-electron chi connectivity index (χ4n) is 2.10. The lowest BCUT2D eigenvalue weighted by Gasteiger charge is -2.41. The lowest BCUT2D eigenvalue weighted by atomic mass is 9.64. The van der Waals surface area contributed by atoms with Crippen LogP contribution in [-0.4, -0.2) is 11.7 Å². The zero-order valence-electron chi connectivity index (χ0n) is 8.06. The first kappa shape index (κ1) is 10.8. The van der Waals surface area contributed by atoms with Crippen molar-refractivity contribution in [2.24, 2.45) is 0 Å². The highest BCUT2D eigenvalue weighted by Crippen LogP contribution is 2.46. The van der Waals surface area contributed by atoms with Gasteiger partial charge in [-0.15, -0.1) is 0 Å². The topological polar surface area (TPSA) is 20.2 Å². The van der Waals surface area contributed by atoms with E-state index in [-0.39, 0.29) is 17.2 Å². The maximum absolute atomic E-state index is 13.7. The minimum absolute atomic E-state index is 0.0521. The summed E-state index contributed by atoms with van der Waals surface area (Å²) in [5, 5.41) is 9.16. The molecule has 0 atom stereocenters. The zero-order chi connectivity index (χ0) is 11.1. The Bertz CT molecular complexity index is 383. The summed E-state index contributed by atoms with van der Waals surface area (Å²) in [5.41, 5.74) is -0.803. The lowest BCUT2D eigenvalue weighted by Crippen LogP contribution is -2.39. The SMILES string of the molecule is OCC1(c2c(F)ccc(Cl)c2F)CCC1. The Hall–Kier alpha value is -0.670. The molecule has 1 aromatic carbocycles. The van der Waals surface area contributed by atoms with Gasteiger partial charge in [-0.1, -0.05) is 18.0 Å². The second-order valence-electron chi connectivity index (χ2n) is 4.01. The third-order valence-corrected chi connectivity index (χ3v) is 3.48. The molecule has 0 aliphatic heterocycles. The van der Waals surface area contributed by atoms with Gasteiger partial charge in [-0.2, -0.15) is 0 Å². The Morgan fingerprint density at radius 1 is 1.33 bits per heavy atom. The molecule has 1 nitrogen and oxygen atoms in total. The molecule has 0 bridgehead atoms. The third-order valence-electron chi connectivity index (χ3n) is 3.19. The maximum Gasteiger partial charge on any atom is 0.148 e. The highest BCUT2D eigenvalue weighted by atomic mass is 35.5. The second kappa shape index (κ2) is 3.72. The van der Waals surface area contributed by atoms with E-state index in [2.05, 4.69) is 0 Å². The summed E-state index contributed by atoms with van der Waals surface area (Å²) in [6, 6.07) is 2.34. The first-order valence-corrected chi connectivity index (χ1v) is 5.23. The van der Waals surface area contributed by atoms with Crippen LogP contribution in [0.25, 0.3) is 0 Å². The zero-order valence-corrected chi connectivity index (χ0v) is 8.82. The van der Waals surface area contributed by atoms with Gasteiger partial charge in [-0.05, 0) is 25.0 Å². The standard InChI is InChI=1S/C11H11ClF2O/c12-7-2-3-8(13)9(10(7)14)11(6-15)4-1-5-11/h2-3,15H,1,4-6H2. The van der Waals surface area contributed by atoms with Gasteiger partial charge in [0.05, 0.1) is 11.6 Å². The Morgan fingerprint density at radius 2 is 2.00 bits per heavy atom. The first-order chi connectivity index (χ1) is 7.10. The predicted molar refractivity (Wildman–Crippen MR) is 54.0 cm³/mol. The van der Waals surface area contributed by atoms with E-state index in [1.807, 2.05) is 0 Å². The Labute approximate surface area is 91.7 Å². The molecule has 4 heteroatoms. The molecule has 1 saturated carbocycles. The normalized spacial score (nSPS) is 18.7. The molecule has 1 aliphatic carbocycles. The van der Waals surface area contributed by atoms with Crippen LogP contribution < -0.4 is 0 Å². The van der Waals surface area contributed by atoms with Crippen molar-refractivity contribution in [3.63, 3.8) is 0 Å². The van der Waals surface area contributed by atoms with Gasteiger partial charge in [0.25, 0.3) is 0 Å². The smallest absolute Gasteiger partial charge is 0.148 e. The average molecular weight is 233 g/mol. The predicted octanol–water partition coefficient (Wildman–Crippen LogP) is 3.03. The fraction of sp³-hybridized carbons (Fsp3) is 0.455. The van der Waals surface area contributed by atoms with Crippen molar-refractivity contribution in [1.82, 2.24) is 0 Å². The summed E-state index contributed by atoms with van der Waals surface area (Å²) in [6.07, 6.45) is 2.10. The molecule has 0 radical (unpaired) electrons. The quantitative estimate of drug-likeness (QED) is 0.778.